The second-order valence-corrected chi connectivity index (χ2v) is 6.78. The van der Waals surface area contributed by atoms with E-state index in [2.05, 4.69) is 0 Å². The van der Waals surface area contributed by atoms with Crippen LogP contribution in [0, 0.1) is 11.6 Å². The third-order valence-electron chi connectivity index (χ3n) is 4.83. The molecule has 0 radical (unpaired) electrons. The Hall–Kier alpha value is -3.03. The number of hydrogen-bond donors (Lipinski definition) is 1. The molecule has 2 aromatic carbocycles. The molecule has 148 valence electrons. The summed E-state index contributed by atoms with van der Waals surface area (Å²) in [7, 11) is 0. The summed E-state index contributed by atoms with van der Waals surface area (Å²) in [5, 5.41) is 0. The van der Waals surface area contributed by atoms with Crippen molar-refractivity contribution >= 4 is 17.5 Å². The van der Waals surface area contributed by atoms with Crippen LogP contribution in [0.4, 0.5) is 18.9 Å². The number of carbonyl (C=O) groups excluding carboxylic acids is 2. The van der Waals surface area contributed by atoms with Crippen molar-refractivity contribution in [2.45, 2.75) is 19.1 Å². The molecule has 1 fully saturated rings. The molecule has 2 amide bonds. The molecule has 1 saturated heterocycles. The zero-order valence-corrected chi connectivity index (χ0v) is 15.2. The molecule has 0 saturated carbocycles. The molecule has 8 heteroatoms. The summed E-state index contributed by atoms with van der Waals surface area (Å²) in [5.74, 6) is -2.30. The quantitative estimate of drug-likeness (QED) is 0.819. The number of amides is 2. The van der Waals surface area contributed by atoms with Crippen LogP contribution in [-0.4, -0.2) is 47.3 Å². The lowest BCUT2D eigenvalue weighted by Crippen LogP contribution is -2.56. The van der Waals surface area contributed by atoms with Crippen LogP contribution < -0.4 is 5.73 Å². The number of nitrogen functional groups attached to an aromatic ring is 1. The van der Waals surface area contributed by atoms with Crippen molar-refractivity contribution < 1.29 is 22.8 Å². The topological polar surface area (TPSA) is 66.6 Å². The van der Waals surface area contributed by atoms with Crippen LogP contribution in [0.25, 0.3) is 0 Å². The van der Waals surface area contributed by atoms with Gasteiger partial charge in [0.2, 0.25) is 6.17 Å². The van der Waals surface area contributed by atoms with Gasteiger partial charge in [0, 0.05) is 31.2 Å². The number of piperazine rings is 1. The molecular formula is C20H20F3N3O2. The van der Waals surface area contributed by atoms with E-state index in [1.165, 1.54) is 34.1 Å². The number of anilines is 1. The van der Waals surface area contributed by atoms with Crippen LogP contribution in [0.2, 0.25) is 0 Å². The maximum atomic E-state index is 14.5. The predicted molar refractivity (Wildman–Crippen MR) is 98.1 cm³/mol. The van der Waals surface area contributed by atoms with E-state index in [0.717, 1.165) is 18.2 Å². The summed E-state index contributed by atoms with van der Waals surface area (Å²) in [4.78, 5) is 27.9. The van der Waals surface area contributed by atoms with E-state index in [4.69, 9.17) is 5.73 Å². The van der Waals surface area contributed by atoms with E-state index in [9.17, 15) is 22.8 Å². The molecule has 1 unspecified atom stereocenters. The highest BCUT2D eigenvalue weighted by Crippen LogP contribution is 2.23. The van der Waals surface area contributed by atoms with E-state index >= 15 is 0 Å². The van der Waals surface area contributed by atoms with Gasteiger partial charge < -0.3 is 15.5 Å². The van der Waals surface area contributed by atoms with Gasteiger partial charge in [-0.2, -0.15) is 0 Å². The normalized spacial score (nSPS) is 18.1. The Morgan fingerprint density at radius 3 is 2.39 bits per heavy atom. The lowest BCUT2D eigenvalue weighted by Gasteiger charge is -2.40. The van der Waals surface area contributed by atoms with E-state index < -0.39 is 23.7 Å². The van der Waals surface area contributed by atoms with Crippen LogP contribution in [0.1, 0.15) is 29.0 Å². The lowest BCUT2D eigenvalue weighted by atomic mass is 10.1. The number of rotatable bonds is 3. The van der Waals surface area contributed by atoms with Crippen molar-refractivity contribution in [1.82, 2.24) is 9.80 Å². The van der Waals surface area contributed by atoms with Crippen LogP contribution in [0.5, 0.6) is 0 Å². The molecule has 1 aliphatic heterocycles. The van der Waals surface area contributed by atoms with Gasteiger partial charge in [0.15, 0.2) is 0 Å². The molecule has 2 N–H and O–H groups in total. The summed E-state index contributed by atoms with van der Waals surface area (Å²) < 4.78 is 41.1. The first kappa shape index (κ1) is 19.7. The second kappa shape index (κ2) is 7.92. The minimum atomic E-state index is -1.90. The van der Waals surface area contributed by atoms with Gasteiger partial charge in [-0.15, -0.1) is 0 Å². The molecule has 28 heavy (non-hydrogen) atoms. The summed E-state index contributed by atoms with van der Waals surface area (Å²) >= 11 is 0. The molecule has 0 bridgehead atoms. The summed E-state index contributed by atoms with van der Waals surface area (Å²) in [6, 6.07) is 8.12. The molecule has 3 rings (SSSR count). The van der Waals surface area contributed by atoms with Gasteiger partial charge >= 0.3 is 0 Å². The average molecular weight is 391 g/mol. The standard InChI is InChI=1S/C20H20F3N3O2/c1-12-11-25(20(28)18(23)13-2-5-15(21)6-3-13)8-9-26(12)19(27)14-4-7-17(24)16(22)10-14/h2-7,10,12,18H,8-9,11,24H2,1H3/t12-,18?/m0/s1. The zero-order valence-electron chi connectivity index (χ0n) is 15.2. The van der Waals surface area contributed by atoms with Gasteiger partial charge in [0.1, 0.15) is 11.6 Å². The summed E-state index contributed by atoms with van der Waals surface area (Å²) in [5.41, 5.74) is 5.62. The second-order valence-electron chi connectivity index (χ2n) is 6.78. The van der Waals surface area contributed by atoms with Crippen molar-refractivity contribution in [2.24, 2.45) is 0 Å². The van der Waals surface area contributed by atoms with E-state index in [-0.39, 0.29) is 48.4 Å². The molecule has 1 aliphatic rings. The first-order valence-corrected chi connectivity index (χ1v) is 8.82. The largest absolute Gasteiger partial charge is 0.396 e. The maximum Gasteiger partial charge on any atom is 0.261 e. The van der Waals surface area contributed by atoms with Crippen molar-refractivity contribution in [3.63, 3.8) is 0 Å². The number of alkyl halides is 1. The van der Waals surface area contributed by atoms with Crippen molar-refractivity contribution in [1.29, 1.82) is 0 Å². The Morgan fingerprint density at radius 1 is 1.11 bits per heavy atom. The summed E-state index contributed by atoms with van der Waals surface area (Å²) in [6.07, 6.45) is -1.90. The van der Waals surface area contributed by atoms with Crippen molar-refractivity contribution in [2.75, 3.05) is 25.4 Å². The monoisotopic (exact) mass is 391 g/mol. The average Bonchev–Trinajstić information content (AvgIpc) is 2.69. The van der Waals surface area contributed by atoms with Gasteiger partial charge in [-0.3, -0.25) is 9.59 Å². The Balaban J connectivity index is 1.67. The summed E-state index contributed by atoms with van der Waals surface area (Å²) in [6.45, 7) is 2.21. The molecular weight excluding hydrogens is 371 g/mol. The third-order valence-corrected chi connectivity index (χ3v) is 4.83. The zero-order chi connectivity index (χ0) is 20.4. The highest BCUT2D eigenvalue weighted by Gasteiger charge is 2.33. The number of halogens is 3. The van der Waals surface area contributed by atoms with Crippen LogP contribution in [-0.2, 0) is 4.79 Å². The predicted octanol–water partition coefficient (Wildman–Crippen LogP) is 2.93. The minimum Gasteiger partial charge on any atom is -0.396 e. The highest BCUT2D eigenvalue weighted by atomic mass is 19.1. The first-order chi connectivity index (χ1) is 13.3. The van der Waals surface area contributed by atoms with Gasteiger partial charge in [0.05, 0.1) is 5.69 Å². The smallest absolute Gasteiger partial charge is 0.261 e. The Morgan fingerprint density at radius 2 is 1.79 bits per heavy atom. The van der Waals surface area contributed by atoms with Gasteiger partial charge in [-0.1, -0.05) is 12.1 Å². The highest BCUT2D eigenvalue weighted by molar-refractivity contribution is 5.95. The van der Waals surface area contributed by atoms with Crippen molar-refractivity contribution in [3.05, 3.63) is 65.2 Å². The Kier molecular flexibility index (Phi) is 5.58. The fraction of sp³-hybridized carbons (Fsp3) is 0.300. The molecule has 2 atom stereocenters. The fourth-order valence-electron chi connectivity index (χ4n) is 3.22. The molecule has 0 aromatic heterocycles. The SMILES string of the molecule is C[C@H]1CN(C(=O)C(F)c2ccc(F)cc2)CCN1C(=O)c1ccc(N)c(F)c1. The Bertz CT molecular complexity index is 889. The lowest BCUT2D eigenvalue weighted by molar-refractivity contribution is -0.139. The fourth-order valence-corrected chi connectivity index (χ4v) is 3.22. The van der Waals surface area contributed by atoms with Crippen LogP contribution in [0.15, 0.2) is 42.5 Å². The Labute approximate surface area is 160 Å². The number of nitrogens with zero attached hydrogens (tertiary/aromatic N) is 2. The molecule has 0 aliphatic carbocycles. The molecule has 2 aromatic rings. The number of nitrogens with two attached hydrogens (primary N) is 1. The maximum absolute atomic E-state index is 14.5. The number of carbonyl (C=O) groups is 2. The number of hydrogen-bond acceptors (Lipinski definition) is 3. The molecule has 1 heterocycles. The minimum absolute atomic E-state index is 0.0465. The number of benzene rings is 2. The van der Waals surface area contributed by atoms with Crippen LogP contribution >= 0.6 is 0 Å². The van der Waals surface area contributed by atoms with Crippen LogP contribution in [0.3, 0.4) is 0 Å². The molecule has 0 spiro atoms. The van der Waals surface area contributed by atoms with Gasteiger partial charge in [-0.25, -0.2) is 13.2 Å². The molecule has 5 nitrogen and oxygen atoms in total. The van der Waals surface area contributed by atoms with Gasteiger partial charge in [0.25, 0.3) is 11.8 Å². The van der Waals surface area contributed by atoms with E-state index in [0.29, 0.717) is 0 Å². The van der Waals surface area contributed by atoms with Gasteiger partial charge in [-0.05, 0) is 42.8 Å². The first-order valence-electron chi connectivity index (χ1n) is 8.82. The van der Waals surface area contributed by atoms with Crippen molar-refractivity contribution in [3.8, 4) is 0 Å². The van der Waals surface area contributed by atoms with E-state index in [1.54, 1.807) is 6.92 Å². The van der Waals surface area contributed by atoms with E-state index in [1.807, 2.05) is 0 Å². The third kappa shape index (κ3) is 3.95.